The van der Waals surface area contributed by atoms with Crippen molar-refractivity contribution in [2.45, 2.75) is 39.8 Å². The van der Waals surface area contributed by atoms with E-state index in [1.165, 1.54) is 0 Å². The molecule has 1 aliphatic rings. The normalized spacial score (nSPS) is 24.6. The molecule has 2 nitrogen and oxygen atoms in total. The van der Waals surface area contributed by atoms with Crippen LogP contribution in [0.3, 0.4) is 0 Å². The SMILES string of the molecule is CC1CNC(C(C)(C)C)CN1c1cccc(Cl)c1Cl. The van der Waals surface area contributed by atoms with E-state index < -0.39 is 0 Å². The van der Waals surface area contributed by atoms with Crippen LogP contribution in [0.1, 0.15) is 27.7 Å². The third-order valence-electron chi connectivity index (χ3n) is 3.86. The van der Waals surface area contributed by atoms with Crippen molar-refractivity contribution in [1.29, 1.82) is 0 Å². The molecular weight excluding hydrogens is 279 g/mol. The van der Waals surface area contributed by atoms with Gasteiger partial charge in [0.25, 0.3) is 0 Å². The fraction of sp³-hybridized carbons (Fsp3) is 0.600. The highest BCUT2D eigenvalue weighted by atomic mass is 35.5. The summed E-state index contributed by atoms with van der Waals surface area (Å²) in [4.78, 5) is 2.36. The summed E-state index contributed by atoms with van der Waals surface area (Å²) in [6, 6.07) is 6.70. The van der Waals surface area contributed by atoms with Crippen LogP contribution in [0.15, 0.2) is 18.2 Å². The molecule has 1 fully saturated rings. The summed E-state index contributed by atoms with van der Waals surface area (Å²) in [6.45, 7) is 10.9. The zero-order chi connectivity index (χ0) is 14.2. The molecule has 1 aromatic rings. The van der Waals surface area contributed by atoms with Crippen molar-refractivity contribution < 1.29 is 0 Å². The fourth-order valence-corrected chi connectivity index (χ4v) is 2.90. The predicted molar refractivity (Wildman–Crippen MR) is 84.5 cm³/mol. The quantitative estimate of drug-likeness (QED) is 0.836. The van der Waals surface area contributed by atoms with Gasteiger partial charge in [0.1, 0.15) is 0 Å². The average Bonchev–Trinajstić information content (AvgIpc) is 2.32. The lowest BCUT2D eigenvalue weighted by atomic mass is 9.84. The summed E-state index contributed by atoms with van der Waals surface area (Å²) in [7, 11) is 0. The van der Waals surface area contributed by atoms with Crippen molar-refractivity contribution in [1.82, 2.24) is 5.32 Å². The van der Waals surface area contributed by atoms with E-state index in [0.717, 1.165) is 18.8 Å². The van der Waals surface area contributed by atoms with Crippen LogP contribution in [0.2, 0.25) is 10.0 Å². The largest absolute Gasteiger partial charge is 0.365 e. The van der Waals surface area contributed by atoms with Crippen molar-refractivity contribution >= 4 is 28.9 Å². The van der Waals surface area contributed by atoms with Gasteiger partial charge in [0, 0.05) is 25.2 Å². The Bertz CT molecular complexity index is 454. The van der Waals surface area contributed by atoms with E-state index in [4.69, 9.17) is 23.2 Å². The fourth-order valence-electron chi connectivity index (χ4n) is 2.49. The standard InChI is InChI=1S/C15H22Cl2N2/c1-10-8-18-13(15(2,3)4)9-19(10)12-7-5-6-11(16)14(12)17/h5-7,10,13,18H,8-9H2,1-4H3. The third kappa shape index (κ3) is 3.18. The number of benzene rings is 1. The first-order valence-electron chi connectivity index (χ1n) is 6.74. The van der Waals surface area contributed by atoms with Gasteiger partial charge in [-0.25, -0.2) is 0 Å². The molecule has 2 unspecified atom stereocenters. The van der Waals surface area contributed by atoms with Gasteiger partial charge in [0.2, 0.25) is 0 Å². The van der Waals surface area contributed by atoms with Gasteiger partial charge in [0.15, 0.2) is 0 Å². The number of nitrogens with zero attached hydrogens (tertiary/aromatic N) is 1. The number of rotatable bonds is 1. The van der Waals surface area contributed by atoms with Crippen LogP contribution < -0.4 is 10.2 Å². The molecule has 0 radical (unpaired) electrons. The molecule has 0 amide bonds. The minimum absolute atomic E-state index is 0.226. The summed E-state index contributed by atoms with van der Waals surface area (Å²) in [5, 5.41) is 4.91. The Kier molecular flexibility index (Phi) is 4.34. The molecule has 0 saturated carbocycles. The summed E-state index contributed by atoms with van der Waals surface area (Å²) >= 11 is 12.5. The van der Waals surface area contributed by atoms with Crippen LogP contribution in [-0.4, -0.2) is 25.2 Å². The highest BCUT2D eigenvalue weighted by molar-refractivity contribution is 6.43. The van der Waals surface area contributed by atoms with Crippen LogP contribution in [-0.2, 0) is 0 Å². The molecule has 1 N–H and O–H groups in total. The number of hydrogen-bond donors (Lipinski definition) is 1. The first-order valence-corrected chi connectivity index (χ1v) is 7.50. The first kappa shape index (κ1) is 15.0. The lowest BCUT2D eigenvalue weighted by Gasteiger charge is -2.45. The number of anilines is 1. The minimum atomic E-state index is 0.226. The Morgan fingerprint density at radius 3 is 2.58 bits per heavy atom. The zero-order valence-corrected chi connectivity index (χ0v) is 13.5. The van der Waals surface area contributed by atoms with Crippen LogP contribution in [0, 0.1) is 5.41 Å². The predicted octanol–water partition coefficient (Wildman–Crippen LogP) is 4.21. The van der Waals surface area contributed by atoms with Gasteiger partial charge in [-0.1, -0.05) is 50.0 Å². The molecule has 1 saturated heterocycles. The molecule has 0 aromatic heterocycles. The highest BCUT2D eigenvalue weighted by Crippen LogP contribution is 2.35. The van der Waals surface area contributed by atoms with Gasteiger partial charge in [-0.3, -0.25) is 0 Å². The number of hydrogen-bond acceptors (Lipinski definition) is 2. The molecule has 19 heavy (non-hydrogen) atoms. The summed E-state index contributed by atoms with van der Waals surface area (Å²) in [6.07, 6.45) is 0. The molecule has 4 heteroatoms. The summed E-state index contributed by atoms with van der Waals surface area (Å²) in [5.41, 5.74) is 1.26. The van der Waals surface area contributed by atoms with E-state index >= 15 is 0 Å². The van der Waals surface area contributed by atoms with Crippen molar-refractivity contribution in [3.05, 3.63) is 28.2 Å². The van der Waals surface area contributed by atoms with Gasteiger partial charge in [-0.2, -0.15) is 0 Å². The lowest BCUT2D eigenvalue weighted by Crippen LogP contribution is -2.59. The van der Waals surface area contributed by atoms with E-state index in [1.54, 1.807) is 0 Å². The van der Waals surface area contributed by atoms with Crippen molar-refractivity contribution in [3.8, 4) is 0 Å². The van der Waals surface area contributed by atoms with E-state index in [0.29, 0.717) is 22.1 Å². The lowest BCUT2D eigenvalue weighted by molar-refractivity contribution is 0.239. The molecule has 2 atom stereocenters. The molecule has 0 bridgehead atoms. The Hall–Kier alpha value is -0.440. The second-order valence-electron chi connectivity index (χ2n) is 6.40. The van der Waals surface area contributed by atoms with Gasteiger partial charge in [-0.15, -0.1) is 0 Å². The minimum Gasteiger partial charge on any atom is -0.365 e. The Balaban J connectivity index is 2.29. The second-order valence-corrected chi connectivity index (χ2v) is 7.19. The van der Waals surface area contributed by atoms with Crippen molar-refractivity contribution in [2.24, 2.45) is 5.41 Å². The number of nitrogens with one attached hydrogen (secondary N) is 1. The van der Waals surface area contributed by atoms with Gasteiger partial charge >= 0.3 is 0 Å². The Labute approximate surface area is 126 Å². The smallest absolute Gasteiger partial charge is 0.0825 e. The van der Waals surface area contributed by atoms with Gasteiger partial charge in [-0.05, 0) is 24.5 Å². The molecule has 1 aromatic carbocycles. The number of piperazine rings is 1. The van der Waals surface area contributed by atoms with E-state index in [1.807, 2.05) is 12.1 Å². The van der Waals surface area contributed by atoms with Crippen LogP contribution in [0.4, 0.5) is 5.69 Å². The molecular formula is C15H22Cl2N2. The Morgan fingerprint density at radius 2 is 1.95 bits per heavy atom. The maximum Gasteiger partial charge on any atom is 0.0825 e. The highest BCUT2D eigenvalue weighted by Gasteiger charge is 2.33. The maximum atomic E-state index is 6.36. The van der Waals surface area contributed by atoms with Gasteiger partial charge < -0.3 is 10.2 Å². The van der Waals surface area contributed by atoms with E-state index in [9.17, 15) is 0 Å². The van der Waals surface area contributed by atoms with Crippen LogP contribution in [0.5, 0.6) is 0 Å². The third-order valence-corrected chi connectivity index (χ3v) is 4.67. The first-order chi connectivity index (χ1) is 8.80. The van der Waals surface area contributed by atoms with Gasteiger partial charge in [0.05, 0.1) is 15.7 Å². The average molecular weight is 301 g/mol. The Morgan fingerprint density at radius 1 is 1.26 bits per heavy atom. The summed E-state index contributed by atoms with van der Waals surface area (Å²) < 4.78 is 0. The monoisotopic (exact) mass is 300 g/mol. The molecule has 0 spiro atoms. The zero-order valence-electron chi connectivity index (χ0n) is 12.0. The molecule has 2 rings (SSSR count). The van der Waals surface area contributed by atoms with Crippen LogP contribution in [0.25, 0.3) is 0 Å². The van der Waals surface area contributed by atoms with Crippen molar-refractivity contribution in [2.75, 3.05) is 18.0 Å². The molecule has 0 aliphatic carbocycles. The van der Waals surface area contributed by atoms with E-state index in [2.05, 4.69) is 44.0 Å². The molecule has 1 heterocycles. The molecule has 106 valence electrons. The van der Waals surface area contributed by atoms with Crippen molar-refractivity contribution in [3.63, 3.8) is 0 Å². The van der Waals surface area contributed by atoms with Crippen LogP contribution >= 0.6 is 23.2 Å². The molecule has 1 aliphatic heterocycles. The summed E-state index contributed by atoms with van der Waals surface area (Å²) in [5.74, 6) is 0. The number of halogens is 2. The topological polar surface area (TPSA) is 15.3 Å². The van der Waals surface area contributed by atoms with E-state index in [-0.39, 0.29) is 5.41 Å². The second kappa shape index (κ2) is 5.51. The maximum absolute atomic E-state index is 6.36.